The first-order valence-corrected chi connectivity index (χ1v) is 9.84. The average Bonchev–Trinajstić information content (AvgIpc) is 3.31. The van der Waals surface area contributed by atoms with Crippen molar-refractivity contribution in [3.05, 3.63) is 54.1 Å². The average molecular weight is 444 g/mol. The van der Waals surface area contributed by atoms with E-state index in [1.165, 1.54) is 0 Å². The largest absolute Gasteiger partial charge is 0.493 e. The molecule has 1 fully saturated rings. The quantitative estimate of drug-likeness (QED) is 0.432. The van der Waals surface area contributed by atoms with E-state index in [1.807, 2.05) is 13.0 Å². The van der Waals surface area contributed by atoms with Gasteiger partial charge in [-0.25, -0.2) is 4.39 Å². The van der Waals surface area contributed by atoms with Gasteiger partial charge in [0.25, 0.3) is 0 Å². The number of ether oxygens (including phenoxy) is 3. The van der Waals surface area contributed by atoms with Crippen LogP contribution in [0.2, 0.25) is 0 Å². The van der Waals surface area contributed by atoms with Gasteiger partial charge in [0.05, 0.1) is 19.2 Å². The molecule has 2 atom stereocenters. The second-order valence-corrected chi connectivity index (χ2v) is 7.69. The highest BCUT2D eigenvalue weighted by atomic mass is 35.5. The number of aromatic amines is 1. The smallest absolute Gasteiger partial charge is 0.175 e. The second-order valence-electron chi connectivity index (χ2n) is 7.69. The van der Waals surface area contributed by atoms with Crippen LogP contribution in [0.4, 0.5) is 4.39 Å². The summed E-state index contributed by atoms with van der Waals surface area (Å²) in [7, 11) is 1.58. The minimum Gasteiger partial charge on any atom is -0.493 e. The van der Waals surface area contributed by atoms with E-state index in [0.717, 1.165) is 17.6 Å². The predicted octanol–water partition coefficient (Wildman–Crippen LogP) is 5.11. The van der Waals surface area contributed by atoms with Crippen molar-refractivity contribution in [2.45, 2.75) is 19.4 Å². The highest BCUT2D eigenvalue weighted by molar-refractivity contribution is 5.89. The third-order valence-electron chi connectivity index (χ3n) is 5.47. The Kier molecular flexibility index (Phi) is 5.64. The fourth-order valence-electron chi connectivity index (χ4n) is 3.63. The molecule has 0 bridgehead atoms. The Morgan fingerprint density at radius 2 is 1.90 bits per heavy atom. The van der Waals surface area contributed by atoms with E-state index < -0.39 is 5.82 Å². The minimum absolute atomic E-state index is 0. The molecule has 2 aromatic carbocycles. The van der Waals surface area contributed by atoms with Crippen molar-refractivity contribution in [3.63, 3.8) is 0 Å². The number of hydrogen-bond acceptors (Lipinski definition) is 5. The Balaban J connectivity index is 0.00000231. The molecule has 8 heteroatoms. The fraction of sp³-hybridized carbons (Fsp3) is 0.261. The van der Waals surface area contributed by atoms with Crippen LogP contribution < -0.4 is 19.9 Å². The number of benzene rings is 2. The molecule has 0 saturated heterocycles. The molecule has 4 aromatic rings. The summed E-state index contributed by atoms with van der Waals surface area (Å²) in [4.78, 5) is 7.54. The summed E-state index contributed by atoms with van der Waals surface area (Å²) in [5.41, 5.74) is 8.15. The van der Waals surface area contributed by atoms with E-state index in [0.29, 0.717) is 46.1 Å². The lowest BCUT2D eigenvalue weighted by atomic mass is 10.1. The normalized spacial score (nSPS) is 17.4. The molecule has 0 radical (unpaired) electrons. The van der Waals surface area contributed by atoms with Crippen molar-refractivity contribution in [1.82, 2.24) is 9.97 Å². The summed E-state index contributed by atoms with van der Waals surface area (Å²) in [6, 6.07) is 10.7. The first-order valence-electron chi connectivity index (χ1n) is 9.84. The number of aryl methyl sites for hydroxylation is 1. The van der Waals surface area contributed by atoms with Crippen LogP contribution in [0.3, 0.4) is 0 Å². The fourth-order valence-corrected chi connectivity index (χ4v) is 3.63. The molecule has 6 nitrogen and oxygen atoms in total. The van der Waals surface area contributed by atoms with E-state index in [2.05, 4.69) is 9.97 Å². The van der Waals surface area contributed by atoms with Crippen LogP contribution in [-0.2, 0) is 0 Å². The van der Waals surface area contributed by atoms with Gasteiger partial charge in [0.15, 0.2) is 23.1 Å². The number of nitrogens with two attached hydrogens (primary N) is 1. The zero-order chi connectivity index (χ0) is 20.8. The Morgan fingerprint density at radius 1 is 1.10 bits per heavy atom. The number of methoxy groups -OCH3 is 1. The number of H-pyrrole nitrogens is 1. The van der Waals surface area contributed by atoms with Crippen molar-refractivity contribution in [2.75, 3.05) is 13.7 Å². The number of nitrogens with zero attached hydrogens (tertiary/aromatic N) is 1. The molecule has 0 spiro atoms. The van der Waals surface area contributed by atoms with Gasteiger partial charge in [-0.05, 0) is 43.7 Å². The Morgan fingerprint density at radius 3 is 2.65 bits per heavy atom. The van der Waals surface area contributed by atoms with Crippen LogP contribution in [0.5, 0.6) is 23.0 Å². The lowest BCUT2D eigenvalue weighted by molar-refractivity contribution is 0.278. The molecule has 162 valence electrons. The maximum absolute atomic E-state index is 15.0. The highest BCUT2D eigenvalue weighted by Gasteiger charge is 2.34. The molecule has 0 aliphatic heterocycles. The summed E-state index contributed by atoms with van der Waals surface area (Å²) in [5, 5.41) is 1.20. The van der Waals surface area contributed by atoms with Gasteiger partial charge in [0.1, 0.15) is 5.75 Å². The van der Waals surface area contributed by atoms with Gasteiger partial charge < -0.3 is 24.9 Å². The molecule has 31 heavy (non-hydrogen) atoms. The van der Waals surface area contributed by atoms with Crippen LogP contribution in [0.25, 0.3) is 21.8 Å². The van der Waals surface area contributed by atoms with Gasteiger partial charge in [0, 0.05) is 46.2 Å². The Labute approximate surface area is 184 Å². The lowest BCUT2D eigenvalue weighted by Crippen LogP contribution is -2.09. The number of pyridine rings is 1. The first kappa shape index (κ1) is 21.2. The third kappa shape index (κ3) is 3.98. The molecule has 1 aliphatic rings. The molecular weight excluding hydrogens is 421 g/mol. The summed E-state index contributed by atoms with van der Waals surface area (Å²) >= 11 is 0. The van der Waals surface area contributed by atoms with Crippen molar-refractivity contribution in [2.24, 2.45) is 11.7 Å². The monoisotopic (exact) mass is 443 g/mol. The summed E-state index contributed by atoms with van der Waals surface area (Å²) in [5.74, 6) is 1.77. The van der Waals surface area contributed by atoms with E-state index >= 15 is 0 Å². The Hall–Kier alpha value is -3.03. The minimum atomic E-state index is -0.408. The van der Waals surface area contributed by atoms with Gasteiger partial charge in [-0.15, -0.1) is 12.4 Å². The first-order chi connectivity index (χ1) is 14.5. The van der Waals surface area contributed by atoms with Crippen molar-refractivity contribution < 1.29 is 18.6 Å². The molecular formula is C23H23ClFN3O3. The number of halogens is 2. The molecule has 1 saturated carbocycles. The number of fused-ring (bicyclic) bond motifs is 2. The molecule has 2 heterocycles. The zero-order valence-electron chi connectivity index (χ0n) is 17.1. The molecule has 2 unspecified atom stereocenters. The van der Waals surface area contributed by atoms with E-state index in [-0.39, 0.29) is 24.2 Å². The molecule has 2 aromatic heterocycles. The second kappa shape index (κ2) is 8.24. The zero-order valence-corrected chi connectivity index (χ0v) is 18.0. The molecule has 5 rings (SSSR count). The van der Waals surface area contributed by atoms with E-state index in [4.69, 9.17) is 19.9 Å². The number of rotatable bonds is 6. The maximum Gasteiger partial charge on any atom is 0.175 e. The SMILES string of the molecule is COc1cc2c(Oc3ccc4[nH]c(C)cc4c3F)ccnc2cc1OCC1CC1N.Cl. The third-order valence-corrected chi connectivity index (χ3v) is 5.47. The summed E-state index contributed by atoms with van der Waals surface area (Å²) in [6.07, 6.45) is 2.60. The van der Waals surface area contributed by atoms with E-state index in [1.54, 1.807) is 43.6 Å². The number of hydrogen-bond donors (Lipinski definition) is 2. The Bertz CT molecular complexity index is 1260. The standard InChI is InChI=1S/C23H22FN3O3.ClH/c1-12-7-15-17(27-12)3-4-20(23(15)24)30-19-5-6-26-18-10-22(21(28-2)9-14(18)19)29-11-13-8-16(13)25;/h3-7,9-10,13,16,27H,8,11,25H2,1-2H3;1H. The topological polar surface area (TPSA) is 82.4 Å². The van der Waals surface area contributed by atoms with Crippen LogP contribution >= 0.6 is 12.4 Å². The lowest BCUT2D eigenvalue weighted by Gasteiger charge is -2.14. The maximum atomic E-state index is 15.0. The van der Waals surface area contributed by atoms with Gasteiger partial charge in [-0.3, -0.25) is 4.98 Å². The van der Waals surface area contributed by atoms with Crippen LogP contribution in [-0.4, -0.2) is 29.7 Å². The molecule has 0 amide bonds. The summed E-state index contributed by atoms with van der Waals surface area (Å²) < 4.78 is 32.3. The van der Waals surface area contributed by atoms with Crippen molar-refractivity contribution in [3.8, 4) is 23.0 Å². The molecule has 1 aliphatic carbocycles. The van der Waals surface area contributed by atoms with Crippen molar-refractivity contribution in [1.29, 1.82) is 0 Å². The van der Waals surface area contributed by atoms with Gasteiger partial charge in [-0.1, -0.05) is 0 Å². The van der Waals surface area contributed by atoms with Crippen LogP contribution in [0.15, 0.2) is 42.6 Å². The number of aromatic nitrogens is 2. The van der Waals surface area contributed by atoms with Gasteiger partial charge >= 0.3 is 0 Å². The van der Waals surface area contributed by atoms with Crippen LogP contribution in [0, 0.1) is 18.7 Å². The van der Waals surface area contributed by atoms with Crippen LogP contribution in [0.1, 0.15) is 12.1 Å². The highest BCUT2D eigenvalue weighted by Crippen LogP contribution is 2.39. The van der Waals surface area contributed by atoms with Gasteiger partial charge in [-0.2, -0.15) is 0 Å². The molecule has 3 N–H and O–H groups in total. The predicted molar refractivity (Wildman–Crippen MR) is 120 cm³/mol. The van der Waals surface area contributed by atoms with E-state index in [9.17, 15) is 4.39 Å². The number of nitrogens with one attached hydrogen (secondary N) is 1. The summed E-state index contributed by atoms with van der Waals surface area (Å²) in [6.45, 7) is 2.43. The van der Waals surface area contributed by atoms with Crippen molar-refractivity contribution >= 4 is 34.2 Å². The van der Waals surface area contributed by atoms with Gasteiger partial charge in [0.2, 0.25) is 0 Å².